The largest absolute Gasteiger partial charge is 0.453 e. The highest BCUT2D eigenvalue weighted by Crippen LogP contribution is 2.38. The van der Waals surface area contributed by atoms with E-state index < -0.39 is 24.9 Å². The molecule has 0 spiro atoms. The Labute approximate surface area is 94.2 Å². The number of benzene rings is 1. The maximum atomic E-state index is 12.6. The average molecular weight is 252 g/mol. The fourth-order valence-electron chi connectivity index (χ4n) is 1.26. The normalized spacial score (nSPS) is 12.5. The van der Waals surface area contributed by atoms with E-state index in [-0.39, 0.29) is 11.1 Å². The lowest BCUT2D eigenvalue weighted by Gasteiger charge is -2.19. The van der Waals surface area contributed by atoms with Gasteiger partial charge < -0.3 is 0 Å². The first kappa shape index (κ1) is 13.6. The molecule has 1 nitrogen and oxygen atoms in total. The second-order valence-electron chi connectivity index (χ2n) is 3.57. The van der Waals surface area contributed by atoms with Crippen LogP contribution in [0.5, 0.6) is 0 Å². The molecule has 0 amide bonds. The van der Waals surface area contributed by atoms with E-state index >= 15 is 0 Å². The van der Waals surface area contributed by atoms with Crippen LogP contribution in [-0.4, -0.2) is 18.4 Å². The van der Waals surface area contributed by atoms with E-state index in [2.05, 4.69) is 0 Å². The predicted octanol–water partition coefficient (Wildman–Crippen LogP) is 3.63. The molecule has 0 radical (unpaired) electrons. The Hall–Kier alpha value is -1.46. The van der Waals surface area contributed by atoms with E-state index in [0.29, 0.717) is 6.29 Å². The number of hydrogen-bond acceptors (Lipinski definition) is 1. The van der Waals surface area contributed by atoms with Crippen LogP contribution in [0.25, 0.3) is 0 Å². The zero-order valence-corrected chi connectivity index (χ0v) is 8.60. The van der Waals surface area contributed by atoms with Gasteiger partial charge in [-0.05, 0) is 18.1 Å². The number of rotatable bonds is 4. The minimum atomic E-state index is -5.53. The fourth-order valence-corrected chi connectivity index (χ4v) is 1.26. The molecule has 0 aromatic heterocycles. The zero-order valence-electron chi connectivity index (χ0n) is 8.60. The Bertz CT molecular complexity index is 397. The highest BCUT2D eigenvalue weighted by Gasteiger charge is 2.56. The first-order valence-electron chi connectivity index (χ1n) is 4.75. The molecule has 0 unspecified atom stereocenters. The Morgan fingerprint density at radius 3 is 2.29 bits per heavy atom. The van der Waals surface area contributed by atoms with Crippen LogP contribution < -0.4 is 0 Å². The van der Waals surface area contributed by atoms with Crippen molar-refractivity contribution in [2.45, 2.75) is 24.9 Å². The summed E-state index contributed by atoms with van der Waals surface area (Å²) in [5, 5.41) is 0. The Morgan fingerprint density at radius 2 is 1.76 bits per heavy atom. The van der Waals surface area contributed by atoms with E-state index in [0.717, 1.165) is 0 Å². The number of aryl methyl sites for hydroxylation is 1. The molecule has 0 heterocycles. The summed E-state index contributed by atoms with van der Waals surface area (Å²) in [6.07, 6.45) is -6.78. The van der Waals surface area contributed by atoms with Gasteiger partial charge in [-0.25, -0.2) is 0 Å². The molecule has 0 aliphatic carbocycles. The summed E-state index contributed by atoms with van der Waals surface area (Å²) >= 11 is 0. The highest BCUT2D eigenvalue weighted by atomic mass is 19.4. The first-order chi connectivity index (χ1) is 7.76. The van der Waals surface area contributed by atoms with Gasteiger partial charge in [0.2, 0.25) is 0 Å². The first-order valence-corrected chi connectivity index (χ1v) is 4.75. The number of hydrogen-bond donors (Lipinski definition) is 0. The van der Waals surface area contributed by atoms with E-state index in [1.807, 2.05) is 0 Å². The quantitative estimate of drug-likeness (QED) is 0.590. The van der Waals surface area contributed by atoms with Gasteiger partial charge in [-0.2, -0.15) is 22.0 Å². The minimum Gasteiger partial charge on any atom is -0.298 e. The molecule has 1 aromatic rings. The van der Waals surface area contributed by atoms with E-state index in [1.54, 1.807) is 0 Å². The van der Waals surface area contributed by atoms with Crippen LogP contribution in [0.2, 0.25) is 0 Å². The maximum absolute atomic E-state index is 12.6. The Morgan fingerprint density at radius 1 is 1.12 bits per heavy atom. The van der Waals surface area contributed by atoms with Crippen molar-refractivity contribution >= 4 is 6.29 Å². The smallest absolute Gasteiger partial charge is 0.298 e. The van der Waals surface area contributed by atoms with Gasteiger partial charge in [0.15, 0.2) is 0 Å². The zero-order chi connectivity index (χ0) is 13.1. The molecule has 0 aliphatic heterocycles. The molecule has 1 rings (SSSR count). The highest BCUT2D eigenvalue weighted by molar-refractivity contribution is 5.74. The summed E-state index contributed by atoms with van der Waals surface area (Å²) in [7, 11) is 0. The maximum Gasteiger partial charge on any atom is 0.453 e. The molecule has 17 heavy (non-hydrogen) atoms. The number of halogens is 5. The summed E-state index contributed by atoms with van der Waals surface area (Å²) in [5.41, 5.74) is 0.524. The molecular weight excluding hydrogens is 243 g/mol. The van der Waals surface area contributed by atoms with Crippen LogP contribution in [0.1, 0.15) is 22.3 Å². The topological polar surface area (TPSA) is 17.1 Å². The van der Waals surface area contributed by atoms with Crippen molar-refractivity contribution in [2.75, 3.05) is 0 Å². The van der Waals surface area contributed by atoms with E-state index in [4.69, 9.17) is 0 Å². The molecular formula is C11H9F5O. The molecule has 0 saturated heterocycles. The second-order valence-corrected chi connectivity index (χ2v) is 3.57. The molecule has 6 heteroatoms. The molecule has 94 valence electrons. The summed E-state index contributed by atoms with van der Waals surface area (Å²) in [5.74, 6) is -4.70. The average Bonchev–Trinajstić information content (AvgIpc) is 2.25. The summed E-state index contributed by atoms with van der Waals surface area (Å²) in [6.45, 7) is 0. The van der Waals surface area contributed by atoms with E-state index in [9.17, 15) is 26.7 Å². The minimum absolute atomic E-state index is 0.248. The number of aldehydes is 1. The van der Waals surface area contributed by atoms with Gasteiger partial charge in [-0.15, -0.1) is 0 Å². The molecule has 0 N–H and O–H groups in total. The number of carbonyl (C=O) groups is 1. The molecule has 0 saturated carbocycles. The van der Waals surface area contributed by atoms with Crippen molar-refractivity contribution in [3.8, 4) is 0 Å². The predicted molar refractivity (Wildman–Crippen MR) is 51.2 cm³/mol. The lowest BCUT2D eigenvalue weighted by atomic mass is 10.0. The van der Waals surface area contributed by atoms with Gasteiger partial charge in [-0.1, -0.05) is 18.2 Å². The standard InChI is InChI=1S/C11H9F5O/c12-10(13,11(14,15)16)5-4-8-2-1-3-9(6-8)7-17/h1-3,6-7H,4-5H2. The van der Waals surface area contributed by atoms with Gasteiger partial charge >= 0.3 is 12.1 Å². The van der Waals surface area contributed by atoms with Crippen molar-refractivity contribution in [1.82, 2.24) is 0 Å². The number of carbonyl (C=O) groups excluding carboxylic acids is 1. The third-order valence-corrected chi connectivity index (χ3v) is 2.23. The van der Waals surface area contributed by atoms with Crippen LogP contribution in [0.3, 0.4) is 0 Å². The van der Waals surface area contributed by atoms with Crippen molar-refractivity contribution in [2.24, 2.45) is 0 Å². The molecule has 0 atom stereocenters. The van der Waals surface area contributed by atoms with Gasteiger partial charge in [0.05, 0.1) is 0 Å². The van der Waals surface area contributed by atoms with Crippen LogP contribution in [0, 0.1) is 0 Å². The van der Waals surface area contributed by atoms with Crippen molar-refractivity contribution < 1.29 is 26.7 Å². The second kappa shape index (κ2) is 4.81. The van der Waals surface area contributed by atoms with Crippen LogP contribution >= 0.6 is 0 Å². The third kappa shape index (κ3) is 3.51. The molecule has 1 aromatic carbocycles. The van der Waals surface area contributed by atoms with Gasteiger partial charge in [0.1, 0.15) is 6.29 Å². The summed E-state index contributed by atoms with van der Waals surface area (Å²) < 4.78 is 60.8. The lowest BCUT2D eigenvalue weighted by Crippen LogP contribution is -2.36. The third-order valence-electron chi connectivity index (χ3n) is 2.23. The van der Waals surface area contributed by atoms with Gasteiger partial charge in [-0.3, -0.25) is 4.79 Å². The summed E-state index contributed by atoms with van der Waals surface area (Å²) in [4.78, 5) is 10.4. The molecule has 0 bridgehead atoms. The SMILES string of the molecule is O=Cc1cccc(CCC(F)(F)C(F)(F)F)c1. The van der Waals surface area contributed by atoms with Crippen molar-refractivity contribution in [3.63, 3.8) is 0 Å². The van der Waals surface area contributed by atoms with E-state index in [1.165, 1.54) is 24.3 Å². The monoisotopic (exact) mass is 252 g/mol. The van der Waals surface area contributed by atoms with Crippen LogP contribution in [0.15, 0.2) is 24.3 Å². The lowest BCUT2D eigenvalue weighted by molar-refractivity contribution is -0.284. The Kier molecular flexibility index (Phi) is 3.85. The van der Waals surface area contributed by atoms with Crippen molar-refractivity contribution in [3.05, 3.63) is 35.4 Å². The van der Waals surface area contributed by atoms with Crippen LogP contribution in [-0.2, 0) is 6.42 Å². The van der Waals surface area contributed by atoms with Crippen molar-refractivity contribution in [1.29, 1.82) is 0 Å². The number of alkyl halides is 5. The Balaban J connectivity index is 2.70. The van der Waals surface area contributed by atoms with Gasteiger partial charge in [0, 0.05) is 12.0 Å². The molecule has 0 aliphatic rings. The summed E-state index contributed by atoms with van der Waals surface area (Å²) in [6, 6.07) is 5.57. The van der Waals surface area contributed by atoms with Crippen LogP contribution in [0.4, 0.5) is 22.0 Å². The molecule has 0 fully saturated rings. The van der Waals surface area contributed by atoms with Gasteiger partial charge in [0.25, 0.3) is 0 Å². The fraction of sp³-hybridized carbons (Fsp3) is 0.364.